The highest BCUT2D eigenvalue weighted by atomic mass is 16.5. The first-order valence-corrected chi connectivity index (χ1v) is 10.8. The molecule has 170 valence electrons. The molecule has 0 aliphatic heterocycles. The molecule has 1 aromatic carbocycles. The van der Waals surface area contributed by atoms with Crippen LogP contribution in [0, 0.1) is 0 Å². The summed E-state index contributed by atoms with van der Waals surface area (Å²) >= 11 is 0. The van der Waals surface area contributed by atoms with Crippen LogP contribution in [0.1, 0.15) is 56.6 Å². The molecular formula is C26H37NO4. The smallest absolute Gasteiger partial charge is 0.135 e. The van der Waals surface area contributed by atoms with Gasteiger partial charge in [0.25, 0.3) is 0 Å². The third-order valence-corrected chi connectivity index (χ3v) is 5.53. The van der Waals surface area contributed by atoms with Gasteiger partial charge in [0.1, 0.15) is 28.6 Å². The minimum Gasteiger partial charge on any atom is -0.497 e. The van der Waals surface area contributed by atoms with Crippen molar-refractivity contribution in [3.05, 3.63) is 72.7 Å². The van der Waals surface area contributed by atoms with E-state index >= 15 is 0 Å². The highest BCUT2D eigenvalue weighted by Gasteiger charge is 2.31. The van der Waals surface area contributed by atoms with Crippen LogP contribution in [0.25, 0.3) is 0 Å². The molecule has 0 radical (unpaired) electrons. The zero-order chi connectivity index (χ0) is 22.9. The van der Waals surface area contributed by atoms with E-state index in [0.717, 1.165) is 42.2 Å². The molecule has 2 rings (SSSR count). The summed E-state index contributed by atoms with van der Waals surface area (Å²) < 4.78 is 16.9. The summed E-state index contributed by atoms with van der Waals surface area (Å²) in [5.74, 6) is 2.98. The molecule has 0 aliphatic carbocycles. The first-order chi connectivity index (χ1) is 14.8. The fourth-order valence-corrected chi connectivity index (χ4v) is 3.58. The maximum Gasteiger partial charge on any atom is 0.135 e. The molecule has 0 atom stereocenters. The standard InChI is InChI=1S/C26H37NO4/c1-7-9-13-26(28,14-10-8-2)25-12-11-22(31-25)19-27(20(3)4)18-21-15-23(29-5)17-24(16-21)30-6/h7-8,11-12,15-17,20,28H,1-2,9-10,13-14,18-19H2,3-6H3. The van der Waals surface area contributed by atoms with Crippen LogP contribution in [-0.4, -0.2) is 30.3 Å². The largest absolute Gasteiger partial charge is 0.497 e. The highest BCUT2D eigenvalue weighted by molar-refractivity contribution is 5.38. The molecule has 0 saturated heterocycles. The molecule has 0 amide bonds. The van der Waals surface area contributed by atoms with Gasteiger partial charge in [-0.15, -0.1) is 13.2 Å². The second-order valence-corrected chi connectivity index (χ2v) is 8.17. The van der Waals surface area contributed by atoms with E-state index in [4.69, 9.17) is 13.9 Å². The Morgan fingerprint density at radius 3 is 2.06 bits per heavy atom. The Morgan fingerprint density at radius 2 is 1.58 bits per heavy atom. The fourth-order valence-electron chi connectivity index (χ4n) is 3.58. The summed E-state index contributed by atoms with van der Waals surface area (Å²) in [6.45, 7) is 13.2. The van der Waals surface area contributed by atoms with Crippen molar-refractivity contribution in [2.24, 2.45) is 0 Å². The molecule has 1 heterocycles. The molecular weight excluding hydrogens is 390 g/mol. The highest BCUT2D eigenvalue weighted by Crippen LogP contribution is 2.34. The van der Waals surface area contributed by atoms with Crippen LogP contribution in [-0.2, 0) is 18.7 Å². The lowest BCUT2D eigenvalue weighted by molar-refractivity contribution is -0.00233. The number of ether oxygens (including phenoxy) is 2. The number of allylic oxidation sites excluding steroid dienone is 2. The minimum atomic E-state index is -1.01. The van der Waals surface area contributed by atoms with E-state index in [0.29, 0.717) is 31.2 Å². The van der Waals surface area contributed by atoms with Gasteiger partial charge in [0.15, 0.2) is 0 Å². The van der Waals surface area contributed by atoms with Gasteiger partial charge in [-0.1, -0.05) is 12.2 Å². The third kappa shape index (κ3) is 7.01. The van der Waals surface area contributed by atoms with Crippen LogP contribution in [0.3, 0.4) is 0 Å². The van der Waals surface area contributed by atoms with Crippen molar-refractivity contribution in [1.29, 1.82) is 0 Å². The second-order valence-electron chi connectivity index (χ2n) is 8.17. The lowest BCUT2D eigenvalue weighted by atomic mass is 9.89. The Labute approximate surface area is 187 Å². The molecule has 2 aromatic rings. The topological polar surface area (TPSA) is 55.1 Å². The molecule has 1 N–H and O–H groups in total. The normalized spacial score (nSPS) is 11.7. The summed E-state index contributed by atoms with van der Waals surface area (Å²) in [6, 6.07) is 10.1. The summed E-state index contributed by atoms with van der Waals surface area (Å²) in [4.78, 5) is 2.31. The quantitative estimate of drug-likeness (QED) is 0.385. The van der Waals surface area contributed by atoms with Crippen molar-refractivity contribution in [3.63, 3.8) is 0 Å². The third-order valence-electron chi connectivity index (χ3n) is 5.53. The van der Waals surface area contributed by atoms with Crippen LogP contribution in [0.15, 0.2) is 60.1 Å². The number of aliphatic hydroxyl groups is 1. The van der Waals surface area contributed by atoms with Gasteiger partial charge >= 0.3 is 0 Å². The second kappa shape index (κ2) is 11.8. The SMILES string of the molecule is C=CCCC(O)(CCC=C)c1ccc(CN(Cc2cc(OC)cc(OC)c2)C(C)C)o1. The summed E-state index contributed by atoms with van der Waals surface area (Å²) in [6.07, 6.45) is 6.25. The van der Waals surface area contributed by atoms with E-state index in [1.54, 1.807) is 14.2 Å². The molecule has 1 aromatic heterocycles. The number of nitrogens with zero attached hydrogens (tertiary/aromatic N) is 1. The van der Waals surface area contributed by atoms with Crippen LogP contribution in [0.4, 0.5) is 0 Å². The van der Waals surface area contributed by atoms with Crippen LogP contribution < -0.4 is 9.47 Å². The van der Waals surface area contributed by atoms with Gasteiger partial charge in [-0.05, 0) is 69.4 Å². The Morgan fingerprint density at radius 1 is 1.00 bits per heavy atom. The Bertz CT molecular complexity index is 805. The first-order valence-electron chi connectivity index (χ1n) is 10.8. The van der Waals surface area contributed by atoms with Gasteiger partial charge in [-0.3, -0.25) is 4.90 Å². The van der Waals surface area contributed by atoms with Gasteiger partial charge < -0.3 is 19.0 Å². The van der Waals surface area contributed by atoms with E-state index in [-0.39, 0.29) is 0 Å². The number of rotatable bonds is 14. The van der Waals surface area contributed by atoms with E-state index < -0.39 is 5.60 Å². The van der Waals surface area contributed by atoms with Crippen molar-refractivity contribution in [1.82, 2.24) is 4.90 Å². The number of furan rings is 1. The summed E-state index contributed by atoms with van der Waals surface area (Å²) in [7, 11) is 3.31. The Balaban J connectivity index is 2.20. The molecule has 0 spiro atoms. The maximum atomic E-state index is 11.2. The van der Waals surface area contributed by atoms with Gasteiger partial charge in [0, 0.05) is 18.7 Å². The zero-order valence-electron chi connectivity index (χ0n) is 19.4. The molecule has 0 saturated carbocycles. The average molecular weight is 428 g/mol. The molecule has 0 fully saturated rings. The predicted octanol–water partition coefficient (Wildman–Crippen LogP) is 5.83. The minimum absolute atomic E-state index is 0.297. The molecule has 0 unspecified atom stereocenters. The number of methoxy groups -OCH3 is 2. The number of hydrogen-bond acceptors (Lipinski definition) is 5. The monoisotopic (exact) mass is 427 g/mol. The van der Waals surface area contributed by atoms with Crippen molar-refractivity contribution >= 4 is 0 Å². The average Bonchev–Trinajstić information content (AvgIpc) is 3.24. The molecule has 31 heavy (non-hydrogen) atoms. The van der Waals surface area contributed by atoms with Gasteiger partial charge in [0.2, 0.25) is 0 Å². The molecule has 0 aliphatic rings. The van der Waals surface area contributed by atoms with Gasteiger partial charge in [-0.25, -0.2) is 0 Å². The molecule has 5 nitrogen and oxygen atoms in total. The number of benzene rings is 1. The van der Waals surface area contributed by atoms with Crippen molar-refractivity contribution in [3.8, 4) is 11.5 Å². The predicted molar refractivity (Wildman–Crippen MR) is 125 cm³/mol. The molecule has 5 heteroatoms. The Kier molecular flexibility index (Phi) is 9.41. The van der Waals surface area contributed by atoms with E-state index in [2.05, 4.69) is 31.9 Å². The van der Waals surface area contributed by atoms with E-state index in [1.807, 2.05) is 42.5 Å². The van der Waals surface area contributed by atoms with Crippen LogP contribution >= 0.6 is 0 Å². The Hall–Kier alpha value is -2.50. The maximum absolute atomic E-state index is 11.2. The van der Waals surface area contributed by atoms with Crippen molar-refractivity contribution in [2.75, 3.05) is 14.2 Å². The number of hydrogen-bond donors (Lipinski definition) is 1. The van der Waals surface area contributed by atoms with Crippen molar-refractivity contribution in [2.45, 2.75) is 64.3 Å². The molecule has 0 bridgehead atoms. The van der Waals surface area contributed by atoms with E-state index in [9.17, 15) is 5.11 Å². The van der Waals surface area contributed by atoms with Crippen LogP contribution in [0.2, 0.25) is 0 Å². The van der Waals surface area contributed by atoms with Gasteiger partial charge in [-0.2, -0.15) is 0 Å². The summed E-state index contributed by atoms with van der Waals surface area (Å²) in [5, 5.41) is 11.2. The fraction of sp³-hybridized carbons (Fsp3) is 0.462. The van der Waals surface area contributed by atoms with Crippen LogP contribution in [0.5, 0.6) is 11.5 Å². The first kappa shape index (κ1) is 24.8. The van der Waals surface area contributed by atoms with Gasteiger partial charge in [0.05, 0.1) is 20.8 Å². The van der Waals surface area contributed by atoms with E-state index in [1.165, 1.54) is 0 Å². The van der Waals surface area contributed by atoms with Crippen molar-refractivity contribution < 1.29 is 19.0 Å². The zero-order valence-corrected chi connectivity index (χ0v) is 19.4. The lowest BCUT2D eigenvalue weighted by Gasteiger charge is -2.27. The lowest BCUT2D eigenvalue weighted by Crippen LogP contribution is -2.29. The summed E-state index contributed by atoms with van der Waals surface area (Å²) in [5.41, 5.74) is 0.0915.